The monoisotopic (exact) mass is 544 g/mol. The second-order valence-corrected chi connectivity index (χ2v) is 16.2. The van der Waals surface area contributed by atoms with Crippen LogP contribution in [0.25, 0.3) is 0 Å². The number of terminal acetylenes is 1. The zero-order chi connectivity index (χ0) is 28.1. The van der Waals surface area contributed by atoms with E-state index in [4.69, 9.17) is 25.1 Å². The van der Waals surface area contributed by atoms with Crippen molar-refractivity contribution in [2.45, 2.75) is 83.5 Å². The van der Waals surface area contributed by atoms with Gasteiger partial charge in [-0.1, -0.05) is 112 Å². The average Bonchev–Trinajstić information content (AvgIpc) is 2.92. The summed E-state index contributed by atoms with van der Waals surface area (Å²) in [6, 6.07) is 30.5. The number of hydrogen-bond donors (Lipinski definition) is 0. The molecule has 0 saturated heterocycles. The summed E-state index contributed by atoms with van der Waals surface area (Å²) in [5.41, 5.74) is 3.29. The normalized spacial score (nSPS) is 14.4. The van der Waals surface area contributed by atoms with Crippen LogP contribution >= 0.6 is 0 Å². The second kappa shape index (κ2) is 15.2. The molecule has 0 aliphatic heterocycles. The highest BCUT2D eigenvalue weighted by Crippen LogP contribution is 2.38. The minimum Gasteiger partial charge on any atom is -0.409 e. The molecular formula is C34H44O4Si. The van der Waals surface area contributed by atoms with Gasteiger partial charge in [0.05, 0.1) is 38.6 Å². The third-order valence-electron chi connectivity index (χ3n) is 7.29. The first-order chi connectivity index (χ1) is 18.7. The highest BCUT2D eigenvalue weighted by molar-refractivity contribution is 6.74. The standard InChI is InChI=1S/C34H44O4Si/c1-7-17-31(36-25-29-20-13-9-14-21-29)33(37-26-30-22-15-10-16-23-30)32(38-39(5,6)34(2,3)4)27-35-24-28-18-11-8-12-19-28/h1,8-16,18-23,31-33H,17,24-27H2,2-6H3. The van der Waals surface area contributed by atoms with Crippen molar-refractivity contribution in [1.29, 1.82) is 0 Å². The molecular weight excluding hydrogens is 500 g/mol. The van der Waals surface area contributed by atoms with E-state index in [1.165, 1.54) is 0 Å². The maximum absolute atomic E-state index is 7.01. The smallest absolute Gasteiger partial charge is 0.192 e. The summed E-state index contributed by atoms with van der Waals surface area (Å²) in [6.45, 7) is 13.0. The van der Waals surface area contributed by atoms with Crippen LogP contribution in [0.4, 0.5) is 0 Å². The highest BCUT2D eigenvalue weighted by atomic mass is 28.4. The minimum atomic E-state index is -2.19. The average molecular weight is 545 g/mol. The van der Waals surface area contributed by atoms with Gasteiger partial charge < -0.3 is 18.6 Å². The van der Waals surface area contributed by atoms with Gasteiger partial charge in [-0.15, -0.1) is 12.3 Å². The molecule has 3 atom stereocenters. The van der Waals surface area contributed by atoms with E-state index in [1.807, 2.05) is 54.6 Å². The van der Waals surface area contributed by atoms with Crippen LogP contribution in [0.3, 0.4) is 0 Å². The van der Waals surface area contributed by atoms with Gasteiger partial charge in [-0.3, -0.25) is 0 Å². The van der Waals surface area contributed by atoms with Crippen molar-refractivity contribution in [2.24, 2.45) is 0 Å². The second-order valence-electron chi connectivity index (χ2n) is 11.4. The summed E-state index contributed by atoms with van der Waals surface area (Å²) in [6.07, 6.45) is 5.13. The van der Waals surface area contributed by atoms with Crippen LogP contribution in [0.1, 0.15) is 43.9 Å². The summed E-state index contributed by atoms with van der Waals surface area (Å²) < 4.78 is 26.4. The molecule has 0 saturated carbocycles. The van der Waals surface area contributed by atoms with Crippen molar-refractivity contribution in [2.75, 3.05) is 6.61 Å². The number of benzene rings is 3. The lowest BCUT2D eigenvalue weighted by molar-refractivity contribution is -0.141. The van der Waals surface area contributed by atoms with Gasteiger partial charge >= 0.3 is 0 Å². The SMILES string of the molecule is C#CCC(OCc1ccccc1)C(OCc1ccccc1)C(COCc1ccccc1)O[Si](C)(C)C(C)(C)C. The van der Waals surface area contributed by atoms with Gasteiger partial charge in [0.15, 0.2) is 8.32 Å². The Balaban J connectivity index is 1.89. The van der Waals surface area contributed by atoms with Gasteiger partial charge in [-0.2, -0.15) is 0 Å². The molecule has 0 aliphatic rings. The molecule has 3 aromatic rings. The largest absolute Gasteiger partial charge is 0.409 e. The van der Waals surface area contributed by atoms with Crippen molar-refractivity contribution in [3.63, 3.8) is 0 Å². The quantitative estimate of drug-likeness (QED) is 0.145. The fourth-order valence-corrected chi connectivity index (χ4v) is 5.32. The van der Waals surface area contributed by atoms with Gasteiger partial charge in [-0.05, 0) is 34.8 Å². The first-order valence-electron chi connectivity index (χ1n) is 13.7. The van der Waals surface area contributed by atoms with Crippen molar-refractivity contribution < 1.29 is 18.6 Å². The van der Waals surface area contributed by atoms with Crippen LogP contribution in [0.2, 0.25) is 18.1 Å². The molecule has 0 bridgehead atoms. The molecule has 0 radical (unpaired) electrons. The first-order valence-corrected chi connectivity index (χ1v) is 16.6. The van der Waals surface area contributed by atoms with Gasteiger partial charge in [0.1, 0.15) is 6.10 Å². The molecule has 0 amide bonds. The summed E-state index contributed by atoms with van der Waals surface area (Å²) >= 11 is 0. The summed E-state index contributed by atoms with van der Waals surface area (Å²) in [5, 5.41) is 0.0150. The number of ether oxygens (including phenoxy) is 3. The molecule has 0 fully saturated rings. The predicted octanol–water partition coefficient (Wildman–Crippen LogP) is 7.79. The third kappa shape index (κ3) is 10.1. The van der Waals surface area contributed by atoms with E-state index in [0.29, 0.717) is 32.8 Å². The lowest BCUT2D eigenvalue weighted by atomic mass is 10.0. The van der Waals surface area contributed by atoms with E-state index < -0.39 is 14.4 Å². The third-order valence-corrected chi connectivity index (χ3v) is 11.8. The fourth-order valence-electron chi connectivity index (χ4n) is 4.00. The molecule has 0 aliphatic carbocycles. The Hall–Kier alpha value is -2.72. The summed E-state index contributed by atoms with van der Waals surface area (Å²) in [7, 11) is -2.19. The van der Waals surface area contributed by atoms with Crippen molar-refractivity contribution in [1.82, 2.24) is 0 Å². The van der Waals surface area contributed by atoms with Crippen LogP contribution in [0, 0.1) is 12.3 Å². The van der Waals surface area contributed by atoms with Crippen LogP contribution in [-0.4, -0.2) is 33.2 Å². The van der Waals surface area contributed by atoms with E-state index in [1.54, 1.807) is 0 Å². The molecule has 208 valence electrons. The van der Waals surface area contributed by atoms with Crippen LogP contribution in [0.15, 0.2) is 91.0 Å². The Kier molecular flexibility index (Phi) is 12.0. The molecule has 0 N–H and O–H groups in total. The molecule has 5 heteroatoms. The number of rotatable bonds is 15. The molecule has 3 rings (SSSR count). The molecule has 0 aromatic heterocycles. The first kappa shape index (κ1) is 30.8. The van der Waals surface area contributed by atoms with Crippen LogP contribution in [0.5, 0.6) is 0 Å². The van der Waals surface area contributed by atoms with Gasteiger partial charge in [0.25, 0.3) is 0 Å². The molecule has 4 nitrogen and oxygen atoms in total. The Morgan fingerprint density at radius 2 is 1.15 bits per heavy atom. The summed E-state index contributed by atoms with van der Waals surface area (Å²) in [4.78, 5) is 0. The zero-order valence-corrected chi connectivity index (χ0v) is 25.1. The Labute approximate surface area is 236 Å². The van der Waals surface area contributed by atoms with Crippen LogP contribution in [-0.2, 0) is 38.5 Å². The van der Waals surface area contributed by atoms with E-state index in [-0.39, 0.29) is 17.2 Å². The van der Waals surface area contributed by atoms with Crippen molar-refractivity contribution >= 4 is 8.32 Å². The zero-order valence-electron chi connectivity index (χ0n) is 24.1. The lowest BCUT2D eigenvalue weighted by Gasteiger charge is -2.42. The van der Waals surface area contributed by atoms with E-state index in [9.17, 15) is 0 Å². The van der Waals surface area contributed by atoms with Gasteiger partial charge in [0, 0.05) is 6.42 Å². The highest BCUT2D eigenvalue weighted by Gasteiger charge is 2.43. The molecule has 0 spiro atoms. The van der Waals surface area contributed by atoms with Crippen molar-refractivity contribution in [3.8, 4) is 12.3 Å². The maximum atomic E-state index is 7.01. The Morgan fingerprint density at radius 3 is 1.62 bits per heavy atom. The van der Waals surface area contributed by atoms with E-state index in [2.05, 4.69) is 76.2 Å². The topological polar surface area (TPSA) is 36.9 Å². The van der Waals surface area contributed by atoms with Crippen molar-refractivity contribution in [3.05, 3.63) is 108 Å². The van der Waals surface area contributed by atoms with Gasteiger partial charge in [0.2, 0.25) is 0 Å². The molecule has 0 heterocycles. The fraction of sp³-hybridized carbons (Fsp3) is 0.412. The van der Waals surface area contributed by atoms with E-state index >= 15 is 0 Å². The molecule has 3 aromatic carbocycles. The molecule has 3 unspecified atom stereocenters. The predicted molar refractivity (Wildman–Crippen MR) is 162 cm³/mol. The number of hydrogen-bond acceptors (Lipinski definition) is 4. The summed E-state index contributed by atoms with van der Waals surface area (Å²) in [5.74, 6) is 2.82. The molecule has 39 heavy (non-hydrogen) atoms. The van der Waals surface area contributed by atoms with Crippen LogP contribution < -0.4 is 0 Å². The van der Waals surface area contributed by atoms with E-state index in [0.717, 1.165) is 16.7 Å². The maximum Gasteiger partial charge on any atom is 0.192 e. The lowest BCUT2D eigenvalue weighted by Crippen LogP contribution is -2.52. The van der Waals surface area contributed by atoms with Gasteiger partial charge in [-0.25, -0.2) is 0 Å². The minimum absolute atomic E-state index is 0.0150. The Bertz CT molecular complexity index is 1120. The Morgan fingerprint density at radius 1 is 0.692 bits per heavy atom.